The molecule has 0 bridgehead atoms. The highest BCUT2D eigenvalue weighted by atomic mass is 16.5. The van der Waals surface area contributed by atoms with E-state index in [-0.39, 0.29) is 23.6 Å². The van der Waals surface area contributed by atoms with Gasteiger partial charge in [0.05, 0.1) is 7.11 Å². The van der Waals surface area contributed by atoms with Gasteiger partial charge in [-0.25, -0.2) is 0 Å². The normalized spacial score (nSPS) is 17.8. The molecular weight excluding hydrogens is 292 g/mol. The van der Waals surface area contributed by atoms with Crippen molar-refractivity contribution in [3.05, 3.63) is 40.3 Å². The molecule has 2 aliphatic carbocycles. The van der Waals surface area contributed by atoms with Gasteiger partial charge < -0.3 is 14.6 Å². The third kappa shape index (κ3) is 2.50. The summed E-state index contributed by atoms with van der Waals surface area (Å²) in [7, 11) is 1.59. The van der Waals surface area contributed by atoms with E-state index in [1.165, 1.54) is 0 Å². The summed E-state index contributed by atoms with van der Waals surface area (Å²) < 4.78 is 6.92. The number of carbonyl (C=O) groups is 1. The Hall–Kier alpha value is -2.30. The van der Waals surface area contributed by atoms with Gasteiger partial charge in [0.15, 0.2) is 0 Å². The summed E-state index contributed by atoms with van der Waals surface area (Å²) in [6.45, 7) is 0. The molecule has 2 fully saturated rings. The standard InChI is InChI=1S/C18H20N2O3/c1-23-14-7-8-15-11(9-14)10-16(17(21)19-12-3-2-4-12)20(18(15)22)13-5-6-13/h7-10,12-13H,2-6H2,1H3,(H,19,21). The molecule has 0 spiro atoms. The lowest BCUT2D eigenvalue weighted by Gasteiger charge is -2.27. The zero-order valence-electron chi connectivity index (χ0n) is 13.2. The van der Waals surface area contributed by atoms with Gasteiger partial charge >= 0.3 is 0 Å². The molecule has 1 N–H and O–H groups in total. The van der Waals surface area contributed by atoms with Gasteiger partial charge in [0, 0.05) is 17.5 Å². The Morgan fingerprint density at radius 3 is 2.61 bits per heavy atom. The van der Waals surface area contributed by atoms with Gasteiger partial charge in [-0.3, -0.25) is 9.59 Å². The van der Waals surface area contributed by atoms with E-state index < -0.39 is 0 Å². The van der Waals surface area contributed by atoms with Crippen molar-refractivity contribution in [1.82, 2.24) is 9.88 Å². The van der Waals surface area contributed by atoms with Crippen molar-refractivity contribution >= 4 is 16.7 Å². The van der Waals surface area contributed by atoms with Gasteiger partial charge in [-0.1, -0.05) is 0 Å². The van der Waals surface area contributed by atoms with Crippen LogP contribution < -0.4 is 15.6 Å². The second-order valence-corrected chi connectivity index (χ2v) is 6.49. The highest BCUT2D eigenvalue weighted by molar-refractivity contribution is 5.97. The third-order valence-electron chi connectivity index (χ3n) is 4.84. The molecule has 1 aromatic carbocycles. The third-order valence-corrected chi connectivity index (χ3v) is 4.84. The van der Waals surface area contributed by atoms with Crippen LogP contribution in [0.15, 0.2) is 29.1 Å². The number of pyridine rings is 1. The molecule has 23 heavy (non-hydrogen) atoms. The van der Waals surface area contributed by atoms with Crippen molar-refractivity contribution in [3.63, 3.8) is 0 Å². The van der Waals surface area contributed by atoms with Gasteiger partial charge in [-0.05, 0) is 61.8 Å². The molecule has 0 aliphatic heterocycles. The number of hydrogen-bond acceptors (Lipinski definition) is 3. The van der Waals surface area contributed by atoms with E-state index in [9.17, 15) is 9.59 Å². The van der Waals surface area contributed by atoms with Crippen LogP contribution >= 0.6 is 0 Å². The molecule has 1 heterocycles. The fourth-order valence-corrected chi connectivity index (χ4v) is 3.12. The van der Waals surface area contributed by atoms with Crippen molar-refractivity contribution in [1.29, 1.82) is 0 Å². The van der Waals surface area contributed by atoms with Gasteiger partial charge in [0.1, 0.15) is 11.4 Å². The summed E-state index contributed by atoms with van der Waals surface area (Å²) in [5.74, 6) is 0.551. The number of carbonyl (C=O) groups excluding carboxylic acids is 1. The quantitative estimate of drug-likeness (QED) is 0.944. The number of benzene rings is 1. The molecule has 0 unspecified atom stereocenters. The zero-order valence-corrected chi connectivity index (χ0v) is 13.2. The fraction of sp³-hybridized carbons (Fsp3) is 0.444. The maximum absolute atomic E-state index is 12.8. The van der Waals surface area contributed by atoms with Crippen LogP contribution in [0.1, 0.15) is 48.6 Å². The first-order valence-corrected chi connectivity index (χ1v) is 8.21. The summed E-state index contributed by atoms with van der Waals surface area (Å²) in [6, 6.07) is 7.62. The minimum Gasteiger partial charge on any atom is -0.497 e. The summed E-state index contributed by atoms with van der Waals surface area (Å²) in [5.41, 5.74) is 0.400. The SMILES string of the molecule is COc1ccc2c(=O)n(C3CC3)c(C(=O)NC3CCC3)cc2c1. The molecule has 0 atom stereocenters. The number of aromatic nitrogens is 1. The van der Waals surface area contributed by atoms with E-state index in [4.69, 9.17) is 4.74 Å². The van der Waals surface area contributed by atoms with E-state index in [1.54, 1.807) is 23.8 Å². The molecular formula is C18H20N2O3. The van der Waals surface area contributed by atoms with Crippen LogP contribution in [0, 0.1) is 0 Å². The predicted octanol–water partition coefficient (Wildman–Crippen LogP) is 2.63. The fourth-order valence-electron chi connectivity index (χ4n) is 3.12. The lowest BCUT2D eigenvalue weighted by molar-refractivity contribution is 0.0906. The number of fused-ring (bicyclic) bond motifs is 1. The number of nitrogens with zero attached hydrogens (tertiary/aromatic N) is 1. The minimum atomic E-state index is -0.136. The average molecular weight is 312 g/mol. The van der Waals surface area contributed by atoms with E-state index >= 15 is 0 Å². The highest BCUT2D eigenvalue weighted by Crippen LogP contribution is 2.35. The van der Waals surface area contributed by atoms with Gasteiger partial charge in [-0.2, -0.15) is 0 Å². The Balaban J connectivity index is 1.84. The number of methoxy groups -OCH3 is 1. The highest BCUT2D eigenvalue weighted by Gasteiger charge is 2.30. The van der Waals surface area contributed by atoms with Gasteiger partial charge in [0.25, 0.3) is 11.5 Å². The molecule has 2 aromatic rings. The number of nitrogens with one attached hydrogen (secondary N) is 1. The minimum absolute atomic E-state index is 0.0774. The number of hydrogen-bond donors (Lipinski definition) is 1. The van der Waals surface area contributed by atoms with Crippen molar-refractivity contribution in [2.24, 2.45) is 0 Å². The van der Waals surface area contributed by atoms with Crippen molar-refractivity contribution in [2.75, 3.05) is 7.11 Å². The average Bonchev–Trinajstić information content (AvgIpc) is 3.34. The van der Waals surface area contributed by atoms with E-state index in [2.05, 4.69) is 5.32 Å². The van der Waals surface area contributed by atoms with E-state index in [1.807, 2.05) is 12.1 Å². The second kappa shape index (κ2) is 5.41. The number of amides is 1. The summed E-state index contributed by atoms with van der Waals surface area (Å²) >= 11 is 0. The van der Waals surface area contributed by atoms with Crippen LogP contribution in [0.25, 0.3) is 10.8 Å². The predicted molar refractivity (Wildman–Crippen MR) is 88.1 cm³/mol. The molecule has 1 aromatic heterocycles. The van der Waals surface area contributed by atoms with Crippen LogP contribution in [-0.4, -0.2) is 23.6 Å². The number of ether oxygens (including phenoxy) is 1. The molecule has 0 radical (unpaired) electrons. The Labute approximate surface area is 134 Å². The molecule has 0 saturated heterocycles. The van der Waals surface area contributed by atoms with Gasteiger partial charge in [-0.15, -0.1) is 0 Å². The summed E-state index contributed by atoms with van der Waals surface area (Å²) in [6.07, 6.45) is 5.15. The number of rotatable bonds is 4. The molecule has 1 amide bonds. The molecule has 2 saturated carbocycles. The maximum atomic E-state index is 12.8. The monoisotopic (exact) mass is 312 g/mol. The first-order chi connectivity index (χ1) is 11.2. The van der Waals surface area contributed by atoms with Crippen LogP contribution in [0.3, 0.4) is 0 Å². The first kappa shape index (κ1) is 14.3. The molecule has 4 rings (SSSR count). The lowest BCUT2D eigenvalue weighted by Crippen LogP contribution is -2.41. The largest absolute Gasteiger partial charge is 0.497 e. The van der Waals surface area contributed by atoms with Crippen LogP contribution in [-0.2, 0) is 0 Å². The Morgan fingerprint density at radius 1 is 1.22 bits per heavy atom. The van der Waals surface area contributed by atoms with Crippen LogP contribution in [0.2, 0.25) is 0 Å². The second-order valence-electron chi connectivity index (χ2n) is 6.49. The molecule has 5 heteroatoms. The van der Waals surface area contributed by atoms with E-state index in [0.29, 0.717) is 16.8 Å². The maximum Gasteiger partial charge on any atom is 0.268 e. The summed E-state index contributed by atoms with van der Waals surface area (Å²) in [5, 5.41) is 4.44. The van der Waals surface area contributed by atoms with Crippen LogP contribution in [0.5, 0.6) is 5.75 Å². The molecule has 120 valence electrons. The van der Waals surface area contributed by atoms with Crippen LogP contribution in [0.4, 0.5) is 0 Å². The smallest absolute Gasteiger partial charge is 0.268 e. The van der Waals surface area contributed by atoms with Crippen molar-refractivity contribution < 1.29 is 9.53 Å². The van der Waals surface area contributed by atoms with Crippen molar-refractivity contribution in [2.45, 2.75) is 44.2 Å². The lowest BCUT2D eigenvalue weighted by atomic mass is 9.93. The Bertz CT molecular complexity index is 832. The zero-order chi connectivity index (χ0) is 16.0. The first-order valence-electron chi connectivity index (χ1n) is 8.21. The van der Waals surface area contributed by atoms with Crippen molar-refractivity contribution in [3.8, 4) is 5.75 Å². The van der Waals surface area contributed by atoms with E-state index in [0.717, 1.165) is 37.5 Å². The molecule has 5 nitrogen and oxygen atoms in total. The van der Waals surface area contributed by atoms with Gasteiger partial charge in [0.2, 0.25) is 0 Å². The Morgan fingerprint density at radius 2 is 2.00 bits per heavy atom. The Kier molecular flexibility index (Phi) is 3.36. The molecule has 2 aliphatic rings. The summed E-state index contributed by atoms with van der Waals surface area (Å²) in [4.78, 5) is 25.5. The topological polar surface area (TPSA) is 60.3 Å².